The number of amides is 2. The highest BCUT2D eigenvalue weighted by molar-refractivity contribution is 7.09. The Labute approximate surface area is 196 Å². The number of nitrogens with zero attached hydrogens (tertiary/aromatic N) is 2. The Bertz CT molecular complexity index is 1140. The SMILES string of the molecule is O=C(Cc1cccc(F)c1)N1CCO[C@]2(C1)C(=O)N(Cc1cccs1)C[C@H]2c1ccccc1. The van der Waals surface area contributed by atoms with E-state index in [0.717, 1.165) is 10.4 Å². The predicted octanol–water partition coefficient (Wildman–Crippen LogP) is 3.85. The van der Waals surface area contributed by atoms with Crippen LogP contribution in [0.25, 0.3) is 0 Å². The van der Waals surface area contributed by atoms with E-state index in [2.05, 4.69) is 0 Å². The molecule has 0 saturated carbocycles. The first-order chi connectivity index (χ1) is 16.0. The number of ether oxygens (including phenoxy) is 1. The number of hydrogen-bond donors (Lipinski definition) is 0. The highest BCUT2D eigenvalue weighted by Gasteiger charge is 2.58. The van der Waals surface area contributed by atoms with Crippen LogP contribution in [0.2, 0.25) is 0 Å². The number of carbonyl (C=O) groups is 2. The molecule has 0 aliphatic carbocycles. The Morgan fingerprint density at radius 3 is 2.73 bits per heavy atom. The van der Waals surface area contributed by atoms with Crippen LogP contribution in [0, 0.1) is 5.82 Å². The van der Waals surface area contributed by atoms with Crippen molar-refractivity contribution in [2.24, 2.45) is 0 Å². The van der Waals surface area contributed by atoms with Crippen LogP contribution in [0.15, 0.2) is 72.1 Å². The van der Waals surface area contributed by atoms with Gasteiger partial charge >= 0.3 is 0 Å². The molecule has 5 rings (SSSR count). The number of carbonyl (C=O) groups excluding carboxylic acids is 2. The molecule has 2 amide bonds. The highest BCUT2D eigenvalue weighted by Crippen LogP contribution is 2.42. The molecule has 0 N–H and O–H groups in total. The van der Waals surface area contributed by atoms with E-state index in [0.29, 0.717) is 25.2 Å². The number of morpholine rings is 1. The first-order valence-corrected chi connectivity index (χ1v) is 12.0. The second-order valence-corrected chi connectivity index (χ2v) is 9.62. The second-order valence-electron chi connectivity index (χ2n) is 8.59. The van der Waals surface area contributed by atoms with Gasteiger partial charge in [0.2, 0.25) is 5.91 Å². The fraction of sp³-hybridized carbons (Fsp3) is 0.308. The van der Waals surface area contributed by atoms with Gasteiger partial charge in [-0.15, -0.1) is 11.3 Å². The normalized spacial score (nSPS) is 22.8. The molecule has 2 atom stereocenters. The summed E-state index contributed by atoms with van der Waals surface area (Å²) in [5.74, 6) is -0.749. The molecule has 3 heterocycles. The van der Waals surface area contributed by atoms with E-state index >= 15 is 0 Å². The molecule has 0 unspecified atom stereocenters. The minimum absolute atomic E-state index is 0.0759. The monoisotopic (exact) mass is 464 g/mol. The average Bonchev–Trinajstić information content (AvgIpc) is 3.43. The van der Waals surface area contributed by atoms with E-state index in [1.807, 2.05) is 52.7 Å². The van der Waals surface area contributed by atoms with E-state index < -0.39 is 5.60 Å². The van der Waals surface area contributed by atoms with E-state index in [1.54, 1.807) is 28.4 Å². The summed E-state index contributed by atoms with van der Waals surface area (Å²) in [6, 6.07) is 20.0. The molecule has 0 radical (unpaired) electrons. The van der Waals surface area contributed by atoms with Crippen molar-refractivity contribution in [3.05, 3.63) is 93.9 Å². The summed E-state index contributed by atoms with van der Waals surface area (Å²) in [7, 11) is 0. The average molecular weight is 465 g/mol. The summed E-state index contributed by atoms with van der Waals surface area (Å²) in [5, 5.41) is 2.00. The molecule has 5 nitrogen and oxygen atoms in total. The van der Waals surface area contributed by atoms with Crippen molar-refractivity contribution in [1.82, 2.24) is 9.80 Å². The molecule has 3 aromatic rings. The van der Waals surface area contributed by atoms with Crippen LogP contribution in [0.5, 0.6) is 0 Å². The van der Waals surface area contributed by atoms with E-state index in [-0.39, 0.29) is 43.1 Å². The lowest BCUT2D eigenvalue weighted by Crippen LogP contribution is -2.59. The zero-order valence-electron chi connectivity index (χ0n) is 18.2. The maximum Gasteiger partial charge on any atom is 0.257 e. The molecule has 0 bridgehead atoms. The van der Waals surface area contributed by atoms with Crippen molar-refractivity contribution in [3.63, 3.8) is 0 Å². The molecule has 1 spiro atoms. The van der Waals surface area contributed by atoms with Crippen LogP contribution in [0.4, 0.5) is 4.39 Å². The topological polar surface area (TPSA) is 49.9 Å². The van der Waals surface area contributed by atoms with Crippen LogP contribution in [0.1, 0.15) is 21.9 Å². The van der Waals surface area contributed by atoms with Gasteiger partial charge < -0.3 is 14.5 Å². The maximum atomic E-state index is 13.8. The number of hydrogen-bond acceptors (Lipinski definition) is 4. The molecule has 2 aliphatic rings. The van der Waals surface area contributed by atoms with Gasteiger partial charge in [-0.2, -0.15) is 0 Å². The van der Waals surface area contributed by atoms with Crippen LogP contribution >= 0.6 is 11.3 Å². The van der Waals surface area contributed by atoms with Crippen molar-refractivity contribution in [2.75, 3.05) is 26.2 Å². The maximum absolute atomic E-state index is 13.8. The molecule has 33 heavy (non-hydrogen) atoms. The van der Waals surface area contributed by atoms with Gasteiger partial charge in [0.05, 0.1) is 26.1 Å². The van der Waals surface area contributed by atoms with Crippen molar-refractivity contribution >= 4 is 23.2 Å². The zero-order chi connectivity index (χ0) is 22.8. The Morgan fingerprint density at radius 2 is 1.97 bits per heavy atom. The molecule has 1 aromatic heterocycles. The molecule has 2 fully saturated rings. The third kappa shape index (κ3) is 4.30. The minimum atomic E-state index is -1.12. The van der Waals surface area contributed by atoms with Crippen molar-refractivity contribution < 1.29 is 18.7 Å². The second kappa shape index (κ2) is 9.08. The third-order valence-corrected chi connectivity index (χ3v) is 7.35. The van der Waals surface area contributed by atoms with Gasteiger partial charge in [0.25, 0.3) is 5.91 Å². The molecule has 2 saturated heterocycles. The number of thiophene rings is 1. The molecule has 2 aliphatic heterocycles. The predicted molar refractivity (Wildman–Crippen MR) is 124 cm³/mol. The summed E-state index contributed by atoms with van der Waals surface area (Å²) in [5.41, 5.74) is 0.533. The molecule has 2 aromatic carbocycles. The van der Waals surface area contributed by atoms with Gasteiger partial charge in [-0.25, -0.2) is 4.39 Å². The van der Waals surface area contributed by atoms with Gasteiger partial charge in [0, 0.05) is 23.9 Å². The van der Waals surface area contributed by atoms with Gasteiger partial charge in [-0.05, 0) is 34.7 Å². The van der Waals surface area contributed by atoms with Gasteiger partial charge in [0.1, 0.15) is 5.82 Å². The number of rotatable bonds is 5. The summed E-state index contributed by atoms with van der Waals surface area (Å²) in [4.78, 5) is 31.6. The first-order valence-electron chi connectivity index (χ1n) is 11.1. The summed E-state index contributed by atoms with van der Waals surface area (Å²) < 4.78 is 19.9. The first kappa shape index (κ1) is 21.8. The van der Waals surface area contributed by atoms with Crippen molar-refractivity contribution in [1.29, 1.82) is 0 Å². The molecular weight excluding hydrogens is 439 g/mol. The van der Waals surface area contributed by atoms with Crippen LogP contribution in [-0.2, 0) is 27.3 Å². The Kier molecular flexibility index (Phi) is 6.00. The summed E-state index contributed by atoms with van der Waals surface area (Å²) >= 11 is 1.62. The van der Waals surface area contributed by atoms with E-state index in [9.17, 15) is 14.0 Å². The van der Waals surface area contributed by atoms with Crippen LogP contribution in [0.3, 0.4) is 0 Å². The lowest BCUT2D eigenvalue weighted by atomic mass is 9.83. The fourth-order valence-electron chi connectivity index (χ4n) is 4.89. The summed E-state index contributed by atoms with van der Waals surface area (Å²) in [6.45, 7) is 1.96. The fourth-order valence-corrected chi connectivity index (χ4v) is 5.61. The Hall–Kier alpha value is -3.03. The van der Waals surface area contributed by atoms with Crippen molar-refractivity contribution in [2.45, 2.75) is 24.5 Å². The van der Waals surface area contributed by atoms with Crippen LogP contribution < -0.4 is 0 Å². The highest BCUT2D eigenvalue weighted by atomic mass is 32.1. The summed E-state index contributed by atoms with van der Waals surface area (Å²) in [6.07, 6.45) is 0.0942. The molecule has 7 heteroatoms. The van der Waals surface area contributed by atoms with Crippen molar-refractivity contribution in [3.8, 4) is 0 Å². The largest absolute Gasteiger partial charge is 0.361 e. The quantitative estimate of drug-likeness (QED) is 0.576. The number of likely N-dealkylation sites (tertiary alicyclic amines) is 1. The third-order valence-electron chi connectivity index (χ3n) is 6.49. The Morgan fingerprint density at radius 1 is 1.12 bits per heavy atom. The smallest absolute Gasteiger partial charge is 0.257 e. The van der Waals surface area contributed by atoms with E-state index in [1.165, 1.54) is 12.1 Å². The number of halogens is 1. The van der Waals surface area contributed by atoms with Gasteiger partial charge in [-0.3, -0.25) is 9.59 Å². The molecular formula is C26H25FN2O3S. The number of benzene rings is 2. The minimum Gasteiger partial charge on any atom is -0.361 e. The molecule has 170 valence electrons. The van der Waals surface area contributed by atoms with E-state index in [4.69, 9.17) is 4.74 Å². The van der Waals surface area contributed by atoms with Gasteiger partial charge in [-0.1, -0.05) is 48.5 Å². The standard InChI is InChI=1S/C26H25FN2O3S/c27-21-9-4-6-19(14-21)15-24(30)28-11-12-32-26(18-28)23(20-7-2-1-3-8-20)17-29(25(26)31)16-22-10-5-13-33-22/h1-10,13-14,23H,11-12,15-18H2/t23-,26-/m0/s1. The van der Waals surface area contributed by atoms with Crippen LogP contribution in [-0.4, -0.2) is 53.5 Å². The lowest BCUT2D eigenvalue weighted by molar-refractivity contribution is -0.167. The van der Waals surface area contributed by atoms with Gasteiger partial charge in [0.15, 0.2) is 5.60 Å². The lowest BCUT2D eigenvalue weighted by Gasteiger charge is -2.42. The Balaban J connectivity index is 1.42. The zero-order valence-corrected chi connectivity index (χ0v) is 19.0.